The average Bonchev–Trinajstić information content (AvgIpc) is 2.26. The number of benzene rings is 1. The smallest absolute Gasteiger partial charge is 0.194 e. The second kappa shape index (κ2) is 4.09. The maximum Gasteiger partial charge on any atom is 0.194 e. The van der Waals surface area contributed by atoms with Crippen molar-refractivity contribution in [2.75, 3.05) is 0 Å². The molecule has 1 aromatic heterocycles. The van der Waals surface area contributed by atoms with E-state index in [0.717, 1.165) is 12.1 Å². The van der Waals surface area contributed by atoms with Crippen LogP contribution in [0.1, 0.15) is 0 Å². The zero-order valence-corrected chi connectivity index (χ0v) is 8.47. The molecule has 2 rings (SSSR count). The fourth-order valence-electron chi connectivity index (χ4n) is 1.22. The van der Waals surface area contributed by atoms with Crippen molar-refractivity contribution in [1.29, 1.82) is 0 Å². The molecule has 0 radical (unpaired) electrons. The van der Waals surface area contributed by atoms with Gasteiger partial charge in [-0.15, -0.1) is 0 Å². The molecule has 0 N–H and O–H groups in total. The molecule has 0 spiro atoms. The summed E-state index contributed by atoms with van der Waals surface area (Å²) in [4.78, 5) is 7.32. The van der Waals surface area contributed by atoms with Crippen molar-refractivity contribution in [3.05, 3.63) is 47.3 Å². The number of hydrogen-bond donors (Lipinski definition) is 0. The Labute approximate surface area is 93.7 Å². The second-order valence-electron chi connectivity index (χ2n) is 2.98. The maximum atomic E-state index is 13.0. The lowest BCUT2D eigenvalue weighted by atomic mass is 10.1. The minimum atomic E-state index is -1.52. The molecule has 0 bridgehead atoms. The Morgan fingerprint density at radius 1 is 1.06 bits per heavy atom. The quantitative estimate of drug-likeness (QED) is 0.569. The van der Waals surface area contributed by atoms with Crippen LogP contribution in [0.5, 0.6) is 0 Å². The fraction of sp³-hybridized carbons (Fsp3) is 0. The molecule has 0 saturated carbocycles. The molecular formula is C10H4ClF3N2. The predicted molar refractivity (Wildman–Crippen MR) is 52.4 cm³/mol. The third-order valence-corrected chi connectivity index (χ3v) is 2.26. The summed E-state index contributed by atoms with van der Waals surface area (Å²) < 4.78 is 38.6. The monoisotopic (exact) mass is 244 g/mol. The second-order valence-corrected chi connectivity index (χ2v) is 3.34. The van der Waals surface area contributed by atoms with Crippen molar-refractivity contribution in [1.82, 2.24) is 9.97 Å². The Hall–Kier alpha value is -1.62. The van der Waals surface area contributed by atoms with Crippen molar-refractivity contribution >= 4 is 11.6 Å². The summed E-state index contributed by atoms with van der Waals surface area (Å²) in [5.41, 5.74) is 0.323. The van der Waals surface area contributed by atoms with E-state index in [2.05, 4.69) is 9.97 Å². The SMILES string of the molecule is Fc1cc(-c2cncnc2Cl)cc(F)c1F. The van der Waals surface area contributed by atoms with Gasteiger partial charge in [-0.3, -0.25) is 0 Å². The van der Waals surface area contributed by atoms with Crippen LogP contribution in [0.25, 0.3) is 11.1 Å². The normalized spacial score (nSPS) is 10.5. The molecule has 0 unspecified atom stereocenters. The lowest BCUT2D eigenvalue weighted by Crippen LogP contribution is -1.93. The zero-order valence-electron chi connectivity index (χ0n) is 7.72. The number of rotatable bonds is 1. The fourth-order valence-corrected chi connectivity index (χ4v) is 1.42. The van der Waals surface area contributed by atoms with E-state index in [4.69, 9.17) is 11.6 Å². The van der Waals surface area contributed by atoms with Crippen LogP contribution in [0.3, 0.4) is 0 Å². The van der Waals surface area contributed by atoms with Crippen molar-refractivity contribution in [2.45, 2.75) is 0 Å². The van der Waals surface area contributed by atoms with Crippen LogP contribution < -0.4 is 0 Å². The van der Waals surface area contributed by atoms with E-state index >= 15 is 0 Å². The van der Waals surface area contributed by atoms with Crippen LogP contribution in [0.2, 0.25) is 5.15 Å². The van der Waals surface area contributed by atoms with Gasteiger partial charge in [-0.05, 0) is 17.7 Å². The molecule has 1 heterocycles. The molecule has 0 atom stereocenters. The van der Waals surface area contributed by atoms with Gasteiger partial charge < -0.3 is 0 Å². The summed E-state index contributed by atoms with van der Waals surface area (Å²) in [7, 11) is 0. The van der Waals surface area contributed by atoms with Gasteiger partial charge in [0.1, 0.15) is 11.5 Å². The minimum absolute atomic E-state index is 0.0420. The number of nitrogens with zero attached hydrogens (tertiary/aromatic N) is 2. The Kier molecular flexibility index (Phi) is 2.78. The van der Waals surface area contributed by atoms with Gasteiger partial charge in [-0.1, -0.05) is 11.6 Å². The van der Waals surface area contributed by atoms with Crippen molar-refractivity contribution in [3.63, 3.8) is 0 Å². The molecule has 0 amide bonds. The summed E-state index contributed by atoms with van der Waals surface area (Å²) >= 11 is 5.71. The molecule has 0 aliphatic rings. The summed E-state index contributed by atoms with van der Waals surface area (Å²) in [5.74, 6) is -4.08. The predicted octanol–water partition coefficient (Wildman–Crippen LogP) is 3.21. The van der Waals surface area contributed by atoms with Gasteiger partial charge in [-0.25, -0.2) is 23.1 Å². The van der Waals surface area contributed by atoms with Gasteiger partial charge >= 0.3 is 0 Å². The Morgan fingerprint density at radius 2 is 1.69 bits per heavy atom. The van der Waals surface area contributed by atoms with Crippen LogP contribution in [-0.2, 0) is 0 Å². The first kappa shape index (κ1) is 10.9. The highest BCUT2D eigenvalue weighted by atomic mass is 35.5. The van der Waals surface area contributed by atoms with Gasteiger partial charge in [0.15, 0.2) is 17.5 Å². The Morgan fingerprint density at radius 3 is 2.25 bits per heavy atom. The Bertz CT molecular complexity index is 522. The van der Waals surface area contributed by atoms with Crippen LogP contribution in [0.4, 0.5) is 13.2 Å². The number of hydrogen-bond acceptors (Lipinski definition) is 2. The summed E-state index contributed by atoms with van der Waals surface area (Å²) in [5, 5.41) is 0.0420. The van der Waals surface area contributed by atoms with Gasteiger partial charge in [0.25, 0.3) is 0 Å². The molecule has 0 saturated heterocycles. The molecule has 1 aromatic carbocycles. The molecule has 2 nitrogen and oxygen atoms in total. The summed E-state index contributed by atoms with van der Waals surface area (Å²) in [6.45, 7) is 0. The molecule has 0 aliphatic carbocycles. The Balaban J connectivity index is 2.62. The molecule has 2 aromatic rings. The van der Waals surface area contributed by atoms with Crippen molar-refractivity contribution < 1.29 is 13.2 Å². The van der Waals surface area contributed by atoms with Gasteiger partial charge in [0.05, 0.1) is 0 Å². The van der Waals surface area contributed by atoms with E-state index in [1.54, 1.807) is 0 Å². The average molecular weight is 245 g/mol. The first-order valence-electron chi connectivity index (χ1n) is 4.20. The third kappa shape index (κ3) is 1.86. The summed E-state index contributed by atoms with van der Waals surface area (Å²) in [6.07, 6.45) is 2.49. The highest BCUT2D eigenvalue weighted by Gasteiger charge is 2.13. The van der Waals surface area contributed by atoms with E-state index in [9.17, 15) is 13.2 Å². The lowest BCUT2D eigenvalue weighted by molar-refractivity contribution is 0.447. The zero-order chi connectivity index (χ0) is 11.7. The largest absolute Gasteiger partial charge is 0.244 e. The third-order valence-electron chi connectivity index (χ3n) is 1.96. The van der Waals surface area contributed by atoms with Crippen LogP contribution in [0, 0.1) is 17.5 Å². The summed E-state index contributed by atoms with van der Waals surface area (Å²) in [6, 6.07) is 1.67. The van der Waals surface area contributed by atoms with Gasteiger partial charge in [0.2, 0.25) is 0 Å². The highest BCUT2D eigenvalue weighted by molar-refractivity contribution is 6.32. The van der Waals surface area contributed by atoms with Gasteiger partial charge in [-0.2, -0.15) is 0 Å². The van der Waals surface area contributed by atoms with Crippen molar-refractivity contribution in [3.8, 4) is 11.1 Å². The molecule has 6 heteroatoms. The minimum Gasteiger partial charge on any atom is -0.244 e. The molecule has 82 valence electrons. The maximum absolute atomic E-state index is 13.0. The first-order chi connectivity index (χ1) is 7.59. The van der Waals surface area contributed by atoms with Crippen LogP contribution in [-0.4, -0.2) is 9.97 Å². The number of halogens is 4. The standard InChI is InChI=1S/C10H4ClF3N2/c11-10-6(3-15-4-16-10)5-1-7(12)9(14)8(13)2-5/h1-4H. The van der Waals surface area contributed by atoms with E-state index in [0.29, 0.717) is 0 Å². The number of aromatic nitrogens is 2. The van der Waals surface area contributed by atoms with E-state index in [1.165, 1.54) is 12.5 Å². The van der Waals surface area contributed by atoms with E-state index < -0.39 is 17.5 Å². The highest BCUT2D eigenvalue weighted by Crippen LogP contribution is 2.27. The lowest BCUT2D eigenvalue weighted by Gasteiger charge is -2.04. The van der Waals surface area contributed by atoms with E-state index in [1.807, 2.05) is 0 Å². The van der Waals surface area contributed by atoms with E-state index in [-0.39, 0.29) is 16.3 Å². The van der Waals surface area contributed by atoms with Crippen LogP contribution >= 0.6 is 11.6 Å². The topological polar surface area (TPSA) is 25.8 Å². The van der Waals surface area contributed by atoms with Crippen molar-refractivity contribution in [2.24, 2.45) is 0 Å². The molecule has 0 fully saturated rings. The molecule has 16 heavy (non-hydrogen) atoms. The first-order valence-corrected chi connectivity index (χ1v) is 4.58. The van der Waals surface area contributed by atoms with Gasteiger partial charge in [0, 0.05) is 11.8 Å². The van der Waals surface area contributed by atoms with Crippen LogP contribution in [0.15, 0.2) is 24.7 Å². The molecule has 0 aliphatic heterocycles. The molecular weight excluding hydrogens is 241 g/mol.